The first-order valence-electron chi connectivity index (χ1n) is 10.7. The number of carbonyl (C=O) groups is 1. The number of amides is 1. The van der Waals surface area contributed by atoms with Gasteiger partial charge in [0.1, 0.15) is 0 Å². The Balaban J connectivity index is 1.68. The molecular weight excluding hydrogens is 334 g/mol. The number of benzene rings is 1. The highest BCUT2D eigenvalue weighted by Gasteiger charge is 2.38. The average molecular weight is 372 g/mol. The Hall–Kier alpha value is -1.39. The number of carbonyl (C=O) groups excluding carboxylic acids is 1. The van der Waals surface area contributed by atoms with Gasteiger partial charge in [0, 0.05) is 31.2 Å². The summed E-state index contributed by atoms with van der Waals surface area (Å²) in [4.78, 5) is 20.1. The first-order chi connectivity index (χ1) is 13.0. The van der Waals surface area contributed by atoms with E-state index in [0.29, 0.717) is 17.9 Å². The SMILES string of the molecule is CC(C)C1CN(C(=O)c2cccc(CN3CCCCCC3)c2)CC1N(C)C. The molecule has 0 aliphatic carbocycles. The van der Waals surface area contributed by atoms with Crippen molar-refractivity contribution in [1.82, 2.24) is 14.7 Å². The molecule has 1 aromatic carbocycles. The quantitative estimate of drug-likeness (QED) is 0.789. The van der Waals surface area contributed by atoms with Crippen molar-refractivity contribution in [2.45, 2.75) is 52.1 Å². The van der Waals surface area contributed by atoms with E-state index in [0.717, 1.165) is 25.2 Å². The molecule has 2 saturated heterocycles. The molecule has 0 saturated carbocycles. The third-order valence-electron chi connectivity index (χ3n) is 6.42. The lowest BCUT2D eigenvalue weighted by Gasteiger charge is -2.27. The predicted octanol–water partition coefficient (Wildman–Crippen LogP) is 3.72. The molecule has 4 nitrogen and oxygen atoms in total. The molecule has 2 aliphatic heterocycles. The number of hydrogen-bond donors (Lipinski definition) is 0. The summed E-state index contributed by atoms with van der Waals surface area (Å²) in [5, 5.41) is 0. The van der Waals surface area contributed by atoms with Crippen molar-refractivity contribution in [1.29, 1.82) is 0 Å². The Labute approximate surface area is 165 Å². The normalized spacial score (nSPS) is 24.6. The van der Waals surface area contributed by atoms with Gasteiger partial charge in [-0.2, -0.15) is 0 Å². The van der Waals surface area contributed by atoms with Gasteiger partial charge in [0.15, 0.2) is 0 Å². The molecule has 3 rings (SSSR count). The molecule has 0 spiro atoms. The molecule has 1 amide bonds. The zero-order valence-corrected chi connectivity index (χ0v) is 17.7. The molecule has 150 valence electrons. The highest BCUT2D eigenvalue weighted by Crippen LogP contribution is 2.28. The van der Waals surface area contributed by atoms with Crippen LogP contribution in [0.3, 0.4) is 0 Å². The summed E-state index contributed by atoms with van der Waals surface area (Å²) in [6.07, 6.45) is 5.31. The van der Waals surface area contributed by atoms with Crippen LogP contribution in [0.2, 0.25) is 0 Å². The monoisotopic (exact) mass is 371 g/mol. The fourth-order valence-electron chi connectivity index (χ4n) is 4.72. The minimum Gasteiger partial charge on any atom is -0.337 e. The van der Waals surface area contributed by atoms with Crippen LogP contribution in [-0.4, -0.2) is 66.9 Å². The summed E-state index contributed by atoms with van der Waals surface area (Å²) in [5.41, 5.74) is 2.12. The van der Waals surface area contributed by atoms with Gasteiger partial charge in [-0.1, -0.05) is 38.8 Å². The van der Waals surface area contributed by atoms with Crippen LogP contribution in [0.15, 0.2) is 24.3 Å². The molecule has 2 heterocycles. The van der Waals surface area contributed by atoms with Gasteiger partial charge in [-0.3, -0.25) is 9.69 Å². The molecule has 2 unspecified atom stereocenters. The van der Waals surface area contributed by atoms with Crippen LogP contribution in [0, 0.1) is 11.8 Å². The lowest BCUT2D eigenvalue weighted by Crippen LogP contribution is -2.37. The van der Waals surface area contributed by atoms with Gasteiger partial charge in [-0.05, 0) is 69.6 Å². The number of hydrogen-bond acceptors (Lipinski definition) is 3. The summed E-state index contributed by atoms with van der Waals surface area (Å²) < 4.78 is 0. The number of nitrogens with zero attached hydrogens (tertiary/aromatic N) is 3. The standard InChI is InChI=1S/C23H37N3O/c1-18(2)21-16-26(17-22(21)24(3)4)23(27)20-11-9-10-19(14-20)15-25-12-7-5-6-8-13-25/h9-11,14,18,21-22H,5-8,12-13,15-17H2,1-4H3. The van der Waals surface area contributed by atoms with Crippen LogP contribution < -0.4 is 0 Å². The molecule has 2 aliphatic rings. The van der Waals surface area contributed by atoms with Crippen molar-refractivity contribution in [3.63, 3.8) is 0 Å². The molecule has 2 atom stereocenters. The van der Waals surface area contributed by atoms with E-state index in [1.165, 1.54) is 44.3 Å². The Morgan fingerprint density at radius 3 is 2.41 bits per heavy atom. The van der Waals surface area contributed by atoms with E-state index in [1.807, 2.05) is 6.07 Å². The fourth-order valence-corrected chi connectivity index (χ4v) is 4.72. The summed E-state index contributed by atoms with van der Waals surface area (Å²) >= 11 is 0. The van der Waals surface area contributed by atoms with Gasteiger partial charge in [0.05, 0.1) is 0 Å². The zero-order chi connectivity index (χ0) is 19.4. The summed E-state index contributed by atoms with van der Waals surface area (Å²) in [5.74, 6) is 1.33. The Bertz CT molecular complexity index is 604. The highest BCUT2D eigenvalue weighted by atomic mass is 16.2. The second-order valence-electron chi connectivity index (χ2n) is 9.04. The molecule has 4 heteroatoms. The van der Waals surface area contributed by atoms with Crippen molar-refractivity contribution < 1.29 is 4.79 Å². The summed E-state index contributed by atoms with van der Waals surface area (Å²) in [6, 6.07) is 8.79. The van der Waals surface area contributed by atoms with Crippen LogP contribution in [0.1, 0.15) is 55.5 Å². The van der Waals surface area contributed by atoms with E-state index < -0.39 is 0 Å². The van der Waals surface area contributed by atoms with Gasteiger partial charge in [0.25, 0.3) is 5.91 Å². The molecule has 0 N–H and O–H groups in total. The second kappa shape index (κ2) is 9.20. The van der Waals surface area contributed by atoms with Crippen LogP contribution >= 0.6 is 0 Å². The van der Waals surface area contributed by atoms with E-state index in [9.17, 15) is 4.79 Å². The third-order valence-corrected chi connectivity index (χ3v) is 6.42. The van der Waals surface area contributed by atoms with Gasteiger partial charge in [-0.15, -0.1) is 0 Å². The Morgan fingerprint density at radius 2 is 1.81 bits per heavy atom. The van der Waals surface area contributed by atoms with Crippen molar-refractivity contribution >= 4 is 5.91 Å². The number of likely N-dealkylation sites (N-methyl/N-ethyl adjacent to an activating group) is 1. The van der Waals surface area contributed by atoms with Crippen molar-refractivity contribution in [2.75, 3.05) is 40.3 Å². The van der Waals surface area contributed by atoms with Gasteiger partial charge >= 0.3 is 0 Å². The largest absolute Gasteiger partial charge is 0.337 e. The van der Waals surface area contributed by atoms with Crippen LogP contribution in [0.5, 0.6) is 0 Å². The first-order valence-corrected chi connectivity index (χ1v) is 10.7. The van der Waals surface area contributed by atoms with Crippen molar-refractivity contribution in [2.24, 2.45) is 11.8 Å². The smallest absolute Gasteiger partial charge is 0.253 e. The minimum absolute atomic E-state index is 0.197. The first kappa shape index (κ1) is 20.3. The predicted molar refractivity (Wildman–Crippen MR) is 112 cm³/mol. The second-order valence-corrected chi connectivity index (χ2v) is 9.04. The van der Waals surface area contributed by atoms with E-state index in [-0.39, 0.29) is 5.91 Å². The summed E-state index contributed by atoms with van der Waals surface area (Å²) in [6.45, 7) is 9.60. The molecule has 27 heavy (non-hydrogen) atoms. The number of likely N-dealkylation sites (tertiary alicyclic amines) is 2. The summed E-state index contributed by atoms with van der Waals surface area (Å²) in [7, 11) is 4.27. The molecule has 0 bridgehead atoms. The van der Waals surface area contributed by atoms with E-state index >= 15 is 0 Å². The van der Waals surface area contributed by atoms with Gasteiger partial charge in [0.2, 0.25) is 0 Å². The lowest BCUT2D eigenvalue weighted by atomic mass is 9.91. The van der Waals surface area contributed by atoms with E-state index in [4.69, 9.17) is 0 Å². The van der Waals surface area contributed by atoms with Crippen molar-refractivity contribution in [3.8, 4) is 0 Å². The maximum Gasteiger partial charge on any atom is 0.253 e. The zero-order valence-electron chi connectivity index (χ0n) is 17.7. The van der Waals surface area contributed by atoms with Crippen LogP contribution in [0.25, 0.3) is 0 Å². The average Bonchev–Trinajstić information content (AvgIpc) is 2.95. The molecule has 1 aromatic rings. The molecular formula is C23H37N3O. The topological polar surface area (TPSA) is 26.8 Å². The van der Waals surface area contributed by atoms with Gasteiger partial charge < -0.3 is 9.80 Å². The minimum atomic E-state index is 0.197. The molecule has 2 fully saturated rings. The van der Waals surface area contributed by atoms with Crippen LogP contribution in [0.4, 0.5) is 0 Å². The molecule has 0 aromatic heterocycles. The third kappa shape index (κ3) is 5.11. The maximum absolute atomic E-state index is 13.2. The van der Waals surface area contributed by atoms with Crippen LogP contribution in [-0.2, 0) is 6.54 Å². The maximum atomic E-state index is 13.2. The molecule has 0 radical (unpaired) electrons. The number of rotatable bonds is 5. The Kier molecular flexibility index (Phi) is 6.93. The highest BCUT2D eigenvalue weighted by molar-refractivity contribution is 5.94. The Morgan fingerprint density at radius 1 is 1.11 bits per heavy atom. The lowest BCUT2D eigenvalue weighted by molar-refractivity contribution is 0.0779. The van der Waals surface area contributed by atoms with E-state index in [2.05, 4.69) is 60.8 Å². The van der Waals surface area contributed by atoms with Crippen molar-refractivity contribution in [3.05, 3.63) is 35.4 Å². The van der Waals surface area contributed by atoms with Gasteiger partial charge in [-0.25, -0.2) is 0 Å². The fraction of sp³-hybridized carbons (Fsp3) is 0.696. The van der Waals surface area contributed by atoms with E-state index in [1.54, 1.807) is 0 Å².